The Bertz CT molecular complexity index is 852. The fraction of sp³-hybridized carbons (Fsp3) is 0. The monoisotopic (exact) mass is 349 g/mol. The molecular formula is C13H8BrN3O4. The van der Waals surface area contributed by atoms with Gasteiger partial charge in [-0.2, -0.15) is 5.10 Å². The van der Waals surface area contributed by atoms with Gasteiger partial charge in [-0.25, -0.2) is 4.79 Å². The summed E-state index contributed by atoms with van der Waals surface area (Å²) in [5.74, 6) is -1.45. The van der Waals surface area contributed by atoms with E-state index in [0.29, 0.717) is 5.58 Å². The second kappa shape index (κ2) is 5.06. The van der Waals surface area contributed by atoms with Gasteiger partial charge in [-0.15, -0.1) is 0 Å². The number of aromatic carboxylic acids is 1. The van der Waals surface area contributed by atoms with Gasteiger partial charge in [0.1, 0.15) is 11.3 Å². The average molecular weight is 350 g/mol. The third-order valence-corrected chi connectivity index (χ3v) is 3.39. The predicted molar refractivity (Wildman–Crippen MR) is 77.4 cm³/mol. The van der Waals surface area contributed by atoms with Crippen LogP contribution in [0.4, 0.5) is 5.82 Å². The van der Waals surface area contributed by atoms with E-state index in [2.05, 4.69) is 31.4 Å². The summed E-state index contributed by atoms with van der Waals surface area (Å²) in [6, 6.07) is 8.27. The molecule has 0 spiro atoms. The van der Waals surface area contributed by atoms with Crippen LogP contribution in [-0.4, -0.2) is 27.2 Å². The number of furan rings is 1. The van der Waals surface area contributed by atoms with Crippen molar-refractivity contribution in [3.63, 3.8) is 0 Å². The lowest BCUT2D eigenvalue weighted by molar-refractivity contribution is 0.0690. The van der Waals surface area contributed by atoms with Gasteiger partial charge in [0.2, 0.25) is 0 Å². The molecule has 0 aliphatic rings. The summed E-state index contributed by atoms with van der Waals surface area (Å²) in [4.78, 5) is 22.8. The van der Waals surface area contributed by atoms with Gasteiger partial charge in [0.15, 0.2) is 11.6 Å². The lowest BCUT2D eigenvalue weighted by Crippen LogP contribution is -2.11. The number of benzene rings is 1. The van der Waals surface area contributed by atoms with Crippen LogP contribution < -0.4 is 5.32 Å². The maximum absolute atomic E-state index is 12.1. The lowest BCUT2D eigenvalue weighted by atomic mass is 10.2. The number of aromatic nitrogens is 2. The van der Waals surface area contributed by atoms with Crippen molar-refractivity contribution in [1.82, 2.24) is 10.2 Å². The molecule has 0 saturated heterocycles. The van der Waals surface area contributed by atoms with Crippen molar-refractivity contribution in [2.45, 2.75) is 0 Å². The van der Waals surface area contributed by atoms with Gasteiger partial charge in [0, 0.05) is 11.5 Å². The Morgan fingerprint density at radius 2 is 2.14 bits per heavy atom. The van der Waals surface area contributed by atoms with Crippen LogP contribution in [0.1, 0.15) is 21.0 Å². The van der Waals surface area contributed by atoms with Crippen LogP contribution in [-0.2, 0) is 0 Å². The molecule has 106 valence electrons. The van der Waals surface area contributed by atoms with Gasteiger partial charge in [-0.3, -0.25) is 9.89 Å². The molecule has 3 N–H and O–H groups in total. The minimum atomic E-state index is -1.16. The molecular weight excluding hydrogens is 342 g/mol. The summed E-state index contributed by atoms with van der Waals surface area (Å²) in [5, 5.41) is 18.0. The summed E-state index contributed by atoms with van der Waals surface area (Å²) in [7, 11) is 0. The third kappa shape index (κ3) is 2.52. The molecule has 0 saturated carbocycles. The second-order valence-corrected chi connectivity index (χ2v) is 5.05. The number of carboxylic acids is 1. The average Bonchev–Trinajstić information content (AvgIpc) is 3.05. The van der Waals surface area contributed by atoms with E-state index in [4.69, 9.17) is 9.52 Å². The fourth-order valence-electron chi connectivity index (χ4n) is 1.81. The topological polar surface area (TPSA) is 108 Å². The zero-order valence-corrected chi connectivity index (χ0v) is 12.0. The zero-order valence-electron chi connectivity index (χ0n) is 10.4. The molecule has 0 fully saturated rings. The number of nitrogens with zero attached hydrogens (tertiary/aromatic N) is 1. The fourth-order valence-corrected chi connectivity index (χ4v) is 2.28. The number of amides is 1. The largest absolute Gasteiger partial charge is 0.477 e. The highest BCUT2D eigenvalue weighted by Crippen LogP contribution is 2.27. The first kappa shape index (κ1) is 13.4. The Kier molecular flexibility index (Phi) is 3.22. The molecule has 21 heavy (non-hydrogen) atoms. The van der Waals surface area contributed by atoms with Crippen LogP contribution in [0.25, 0.3) is 11.0 Å². The smallest absolute Gasteiger partial charge is 0.353 e. The maximum atomic E-state index is 12.1. The summed E-state index contributed by atoms with van der Waals surface area (Å²) >= 11 is 3.34. The van der Waals surface area contributed by atoms with Crippen molar-refractivity contribution < 1.29 is 19.1 Å². The number of anilines is 1. The molecule has 0 atom stereocenters. The Morgan fingerprint density at radius 3 is 2.81 bits per heavy atom. The van der Waals surface area contributed by atoms with E-state index in [-0.39, 0.29) is 17.3 Å². The van der Waals surface area contributed by atoms with Crippen LogP contribution in [0, 0.1) is 0 Å². The molecule has 0 bridgehead atoms. The minimum absolute atomic E-state index is 0.108. The van der Waals surface area contributed by atoms with E-state index in [1.54, 1.807) is 12.1 Å². The van der Waals surface area contributed by atoms with Crippen LogP contribution in [0.3, 0.4) is 0 Å². The number of para-hydroxylation sites is 1. The minimum Gasteiger partial charge on any atom is -0.477 e. The highest BCUT2D eigenvalue weighted by molar-refractivity contribution is 9.10. The van der Waals surface area contributed by atoms with Crippen LogP contribution >= 0.6 is 15.9 Å². The van der Waals surface area contributed by atoms with Crippen molar-refractivity contribution >= 4 is 44.6 Å². The summed E-state index contributed by atoms with van der Waals surface area (Å²) < 4.78 is 6.22. The molecule has 2 aromatic heterocycles. The number of carbonyl (C=O) groups is 2. The molecule has 3 rings (SSSR count). The van der Waals surface area contributed by atoms with Gasteiger partial charge in [-0.05, 0) is 28.1 Å². The maximum Gasteiger partial charge on any atom is 0.353 e. The van der Waals surface area contributed by atoms with Crippen molar-refractivity contribution in [2.24, 2.45) is 0 Å². The normalized spacial score (nSPS) is 10.7. The molecule has 1 aromatic carbocycles. The van der Waals surface area contributed by atoms with Gasteiger partial charge in [0.25, 0.3) is 5.91 Å². The molecule has 8 heteroatoms. The lowest BCUT2D eigenvalue weighted by Gasteiger charge is -1.96. The van der Waals surface area contributed by atoms with Gasteiger partial charge in [-0.1, -0.05) is 12.1 Å². The Balaban J connectivity index is 1.86. The molecule has 0 aliphatic heterocycles. The highest BCUT2D eigenvalue weighted by atomic mass is 79.9. The van der Waals surface area contributed by atoms with E-state index in [0.717, 1.165) is 9.86 Å². The van der Waals surface area contributed by atoms with Crippen LogP contribution in [0.15, 0.2) is 39.2 Å². The first-order chi connectivity index (χ1) is 10.0. The van der Waals surface area contributed by atoms with Crippen LogP contribution in [0.5, 0.6) is 0 Å². The van der Waals surface area contributed by atoms with Crippen molar-refractivity contribution in [1.29, 1.82) is 0 Å². The van der Waals surface area contributed by atoms with E-state index in [1.165, 1.54) is 6.07 Å². The summed E-state index contributed by atoms with van der Waals surface area (Å²) in [5.41, 5.74) is 0.452. The second-order valence-electron chi connectivity index (χ2n) is 4.19. The molecule has 0 aliphatic carbocycles. The van der Waals surface area contributed by atoms with Crippen molar-refractivity contribution in [3.8, 4) is 0 Å². The van der Waals surface area contributed by atoms with Crippen LogP contribution in [0.2, 0.25) is 0 Å². The van der Waals surface area contributed by atoms with Gasteiger partial charge in [0.05, 0.1) is 4.47 Å². The first-order valence-electron chi connectivity index (χ1n) is 5.83. The number of rotatable bonds is 3. The van der Waals surface area contributed by atoms with E-state index in [9.17, 15) is 9.59 Å². The molecule has 1 amide bonds. The number of fused-ring (bicyclic) bond motifs is 1. The number of halogens is 1. The van der Waals surface area contributed by atoms with Gasteiger partial charge < -0.3 is 14.8 Å². The Morgan fingerprint density at radius 1 is 1.33 bits per heavy atom. The van der Waals surface area contributed by atoms with Crippen molar-refractivity contribution in [2.75, 3.05) is 5.32 Å². The first-order valence-corrected chi connectivity index (χ1v) is 6.62. The Hall–Kier alpha value is -2.61. The molecule has 7 nitrogen and oxygen atoms in total. The Labute approximate surface area is 126 Å². The number of hydrogen-bond donors (Lipinski definition) is 3. The zero-order chi connectivity index (χ0) is 15.0. The molecule has 0 radical (unpaired) electrons. The molecule has 3 aromatic rings. The quantitative estimate of drug-likeness (QED) is 0.673. The molecule has 2 heterocycles. The molecule has 0 unspecified atom stereocenters. The standard InChI is InChI=1S/C13H8BrN3O4/c14-7-3-1-2-6-4-9(21-11(6)7)12(18)15-10-5-8(13(19)20)16-17-10/h1-5H,(H,19,20)(H2,15,16,17,18). The number of carbonyl (C=O) groups excluding carboxylic acids is 1. The highest BCUT2D eigenvalue weighted by Gasteiger charge is 2.16. The summed E-state index contributed by atoms with van der Waals surface area (Å²) in [6.07, 6.45) is 0. The third-order valence-electron chi connectivity index (χ3n) is 2.77. The number of nitrogens with one attached hydrogen (secondary N) is 2. The number of carboxylic acid groups (broad SMARTS) is 1. The predicted octanol–water partition coefficient (Wildman–Crippen LogP) is 2.87. The van der Waals surface area contributed by atoms with E-state index >= 15 is 0 Å². The van der Waals surface area contributed by atoms with E-state index in [1.807, 2.05) is 12.1 Å². The van der Waals surface area contributed by atoms with E-state index < -0.39 is 11.9 Å². The summed E-state index contributed by atoms with van der Waals surface area (Å²) in [6.45, 7) is 0. The SMILES string of the molecule is O=C(O)c1cc(NC(=O)c2cc3cccc(Br)c3o2)n[nH]1. The number of hydrogen-bond acceptors (Lipinski definition) is 4. The number of aromatic amines is 1. The van der Waals surface area contributed by atoms with Crippen molar-refractivity contribution in [3.05, 3.63) is 46.3 Å². The van der Waals surface area contributed by atoms with Gasteiger partial charge >= 0.3 is 5.97 Å². The number of H-pyrrole nitrogens is 1.